The fourth-order valence-electron chi connectivity index (χ4n) is 2.89. The SMILES string of the molecule is CC(=CN)C1=NC(C2=CC=CCC=C2)CC2(C)CN12. The maximum Gasteiger partial charge on any atom is 0.129 e. The molecule has 2 unspecified atom stereocenters. The van der Waals surface area contributed by atoms with E-state index in [9.17, 15) is 0 Å². The maximum absolute atomic E-state index is 5.67. The highest BCUT2D eigenvalue weighted by atomic mass is 15.4. The minimum atomic E-state index is 0.257. The molecule has 1 fully saturated rings. The van der Waals surface area contributed by atoms with Gasteiger partial charge in [-0.25, -0.2) is 0 Å². The second-order valence-electron chi connectivity index (χ2n) is 5.84. The fourth-order valence-corrected chi connectivity index (χ4v) is 2.89. The monoisotopic (exact) mass is 255 g/mol. The Morgan fingerprint density at radius 2 is 2.37 bits per heavy atom. The first-order chi connectivity index (χ1) is 9.14. The third kappa shape index (κ3) is 2.14. The van der Waals surface area contributed by atoms with Gasteiger partial charge in [-0.15, -0.1) is 0 Å². The third-order valence-corrected chi connectivity index (χ3v) is 4.21. The topological polar surface area (TPSA) is 41.4 Å². The zero-order valence-corrected chi connectivity index (χ0v) is 11.6. The third-order valence-electron chi connectivity index (χ3n) is 4.21. The molecule has 1 aliphatic carbocycles. The molecule has 2 N–H and O–H groups in total. The van der Waals surface area contributed by atoms with Crippen molar-refractivity contribution < 1.29 is 0 Å². The molecule has 2 aliphatic heterocycles. The van der Waals surface area contributed by atoms with Gasteiger partial charge in [-0.3, -0.25) is 4.99 Å². The molecule has 0 aromatic heterocycles. The van der Waals surface area contributed by atoms with E-state index in [0.29, 0.717) is 0 Å². The number of hydrogen-bond acceptors (Lipinski definition) is 3. The highest BCUT2D eigenvalue weighted by Gasteiger charge is 2.53. The minimum absolute atomic E-state index is 0.257. The van der Waals surface area contributed by atoms with Crippen molar-refractivity contribution in [2.75, 3.05) is 6.54 Å². The summed E-state index contributed by atoms with van der Waals surface area (Å²) >= 11 is 0. The van der Waals surface area contributed by atoms with Crippen LogP contribution in [0.3, 0.4) is 0 Å². The Kier molecular flexibility index (Phi) is 2.85. The summed E-state index contributed by atoms with van der Waals surface area (Å²) < 4.78 is 0. The van der Waals surface area contributed by atoms with Crippen molar-refractivity contribution in [1.82, 2.24) is 4.90 Å². The average Bonchev–Trinajstić information content (AvgIpc) is 3.14. The van der Waals surface area contributed by atoms with E-state index >= 15 is 0 Å². The van der Waals surface area contributed by atoms with Gasteiger partial charge in [-0.1, -0.05) is 30.4 Å². The van der Waals surface area contributed by atoms with Gasteiger partial charge in [0.1, 0.15) is 5.84 Å². The molecule has 3 rings (SSSR count). The lowest BCUT2D eigenvalue weighted by Gasteiger charge is -2.27. The van der Waals surface area contributed by atoms with Gasteiger partial charge in [-0.05, 0) is 32.3 Å². The van der Waals surface area contributed by atoms with Crippen LogP contribution in [0, 0.1) is 0 Å². The average molecular weight is 255 g/mol. The second kappa shape index (κ2) is 4.41. The lowest BCUT2D eigenvalue weighted by molar-refractivity contribution is 0.463. The molecular formula is C16H21N3. The first-order valence-corrected chi connectivity index (χ1v) is 6.92. The molecule has 0 radical (unpaired) electrons. The Morgan fingerprint density at radius 1 is 1.53 bits per heavy atom. The number of hydrogen-bond donors (Lipinski definition) is 1. The zero-order valence-electron chi connectivity index (χ0n) is 11.6. The molecule has 3 aliphatic rings. The molecule has 0 aromatic rings. The Labute approximate surface area is 114 Å². The van der Waals surface area contributed by atoms with E-state index in [1.54, 1.807) is 6.20 Å². The van der Waals surface area contributed by atoms with Crippen molar-refractivity contribution in [1.29, 1.82) is 0 Å². The van der Waals surface area contributed by atoms with E-state index in [4.69, 9.17) is 10.7 Å². The lowest BCUT2D eigenvalue weighted by Crippen LogP contribution is -2.33. The van der Waals surface area contributed by atoms with Crippen LogP contribution in [-0.2, 0) is 0 Å². The molecule has 100 valence electrons. The summed E-state index contributed by atoms with van der Waals surface area (Å²) in [6.07, 6.45) is 14.7. The van der Waals surface area contributed by atoms with Gasteiger partial charge >= 0.3 is 0 Å². The number of allylic oxidation sites excluding steroid dienone is 4. The maximum atomic E-state index is 5.67. The Hall–Kier alpha value is -1.77. The number of amidine groups is 1. The van der Waals surface area contributed by atoms with Gasteiger partial charge in [0.15, 0.2) is 0 Å². The van der Waals surface area contributed by atoms with E-state index in [2.05, 4.69) is 42.2 Å². The Morgan fingerprint density at radius 3 is 3.16 bits per heavy atom. The smallest absolute Gasteiger partial charge is 0.129 e. The van der Waals surface area contributed by atoms with Crippen LogP contribution in [0.2, 0.25) is 0 Å². The summed E-state index contributed by atoms with van der Waals surface area (Å²) in [5, 5.41) is 0. The quantitative estimate of drug-likeness (QED) is 0.770. The van der Waals surface area contributed by atoms with Crippen LogP contribution in [0.15, 0.2) is 52.7 Å². The van der Waals surface area contributed by atoms with E-state index in [1.807, 2.05) is 6.92 Å². The van der Waals surface area contributed by atoms with Gasteiger partial charge < -0.3 is 10.6 Å². The molecule has 0 saturated carbocycles. The van der Waals surface area contributed by atoms with E-state index in [-0.39, 0.29) is 11.6 Å². The van der Waals surface area contributed by atoms with Crippen LogP contribution in [0.4, 0.5) is 0 Å². The zero-order chi connectivity index (χ0) is 13.5. The van der Waals surface area contributed by atoms with E-state index in [1.165, 1.54) is 5.57 Å². The summed E-state index contributed by atoms with van der Waals surface area (Å²) in [5.41, 5.74) is 8.32. The van der Waals surface area contributed by atoms with Crippen LogP contribution in [0.25, 0.3) is 0 Å². The predicted octanol–water partition coefficient (Wildman–Crippen LogP) is 2.54. The summed E-state index contributed by atoms with van der Waals surface area (Å²) in [6.45, 7) is 5.45. The Bertz CT molecular complexity index is 536. The number of nitrogens with zero attached hydrogens (tertiary/aromatic N) is 2. The summed E-state index contributed by atoms with van der Waals surface area (Å²) in [5.74, 6) is 1.07. The molecule has 0 amide bonds. The predicted molar refractivity (Wildman–Crippen MR) is 79.9 cm³/mol. The number of fused-ring (bicyclic) bond motifs is 1. The van der Waals surface area contributed by atoms with Crippen molar-refractivity contribution in [2.24, 2.45) is 10.7 Å². The van der Waals surface area contributed by atoms with Crippen LogP contribution < -0.4 is 5.73 Å². The van der Waals surface area contributed by atoms with Crippen LogP contribution in [0.1, 0.15) is 26.7 Å². The summed E-state index contributed by atoms with van der Waals surface area (Å²) in [4.78, 5) is 7.29. The van der Waals surface area contributed by atoms with Gasteiger partial charge in [0.25, 0.3) is 0 Å². The molecule has 19 heavy (non-hydrogen) atoms. The first kappa shape index (κ1) is 12.3. The van der Waals surface area contributed by atoms with Crippen LogP contribution >= 0.6 is 0 Å². The first-order valence-electron chi connectivity index (χ1n) is 6.92. The molecule has 1 saturated heterocycles. The van der Waals surface area contributed by atoms with Gasteiger partial charge in [0.05, 0.1) is 11.6 Å². The fraction of sp³-hybridized carbons (Fsp3) is 0.438. The largest absolute Gasteiger partial charge is 0.404 e. The van der Waals surface area contributed by atoms with Gasteiger partial charge in [0, 0.05) is 18.3 Å². The summed E-state index contributed by atoms with van der Waals surface area (Å²) in [6, 6.07) is 0.257. The normalized spacial score (nSPS) is 33.5. The summed E-state index contributed by atoms with van der Waals surface area (Å²) in [7, 11) is 0. The van der Waals surface area contributed by atoms with E-state index in [0.717, 1.165) is 30.8 Å². The van der Waals surface area contributed by atoms with Crippen molar-refractivity contribution in [2.45, 2.75) is 38.3 Å². The standard InChI is InChI=1S/C16H21N3/c1-12(10-17)15-18-14(9-16(2)11-19(15)16)13-7-5-3-4-6-8-13/h3,5-8,10,14H,4,9,11,17H2,1-2H3. The van der Waals surface area contributed by atoms with Crippen molar-refractivity contribution in [3.05, 3.63) is 47.7 Å². The Balaban J connectivity index is 1.94. The van der Waals surface area contributed by atoms with Crippen molar-refractivity contribution in [3.8, 4) is 0 Å². The van der Waals surface area contributed by atoms with Crippen molar-refractivity contribution in [3.63, 3.8) is 0 Å². The molecule has 3 nitrogen and oxygen atoms in total. The van der Waals surface area contributed by atoms with Crippen LogP contribution in [0.5, 0.6) is 0 Å². The molecule has 0 bridgehead atoms. The highest BCUT2D eigenvalue weighted by Crippen LogP contribution is 2.43. The number of aliphatic imine (C=N–C) groups is 1. The molecule has 0 aromatic carbocycles. The molecule has 2 heterocycles. The van der Waals surface area contributed by atoms with E-state index < -0.39 is 0 Å². The number of rotatable bonds is 2. The molecule has 0 spiro atoms. The lowest BCUT2D eigenvalue weighted by atomic mass is 9.93. The van der Waals surface area contributed by atoms with Gasteiger partial charge in [0.2, 0.25) is 0 Å². The number of nitrogens with two attached hydrogens (primary N) is 1. The minimum Gasteiger partial charge on any atom is -0.404 e. The second-order valence-corrected chi connectivity index (χ2v) is 5.84. The van der Waals surface area contributed by atoms with Crippen LogP contribution in [-0.4, -0.2) is 28.9 Å². The molecule has 3 heteroatoms. The molecule has 2 atom stereocenters. The highest BCUT2D eigenvalue weighted by molar-refractivity contribution is 6.00. The van der Waals surface area contributed by atoms with Crippen molar-refractivity contribution >= 4 is 5.84 Å². The van der Waals surface area contributed by atoms with Gasteiger partial charge in [-0.2, -0.15) is 0 Å². The molecular weight excluding hydrogens is 234 g/mol.